The Morgan fingerprint density at radius 2 is 2.21 bits per heavy atom. The van der Waals surface area contributed by atoms with Crippen molar-refractivity contribution in [1.29, 1.82) is 0 Å². The molecule has 2 rings (SSSR count). The van der Waals surface area contributed by atoms with Crippen LogP contribution in [0.25, 0.3) is 0 Å². The molecule has 1 aromatic rings. The maximum atomic E-state index is 12.0. The van der Waals surface area contributed by atoms with Gasteiger partial charge in [-0.2, -0.15) is 0 Å². The van der Waals surface area contributed by atoms with Crippen molar-refractivity contribution >= 4 is 11.6 Å². The maximum absolute atomic E-state index is 12.0. The van der Waals surface area contributed by atoms with Gasteiger partial charge in [-0.25, -0.2) is 0 Å². The van der Waals surface area contributed by atoms with Gasteiger partial charge in [0.1, 0.15) is 5.75 Å². The van der Waals surface area contributed by atoms with Crippen molar-refractivity contribution in [3.05, 3.63) is 24.3 Å². The third-order valence-corrected chi connectivity index (χ3v) is 3.21. The summed E-state index contributed by atoms with van der Waals surface area (Å²) in [5.41, 5.74) is 6.28. The van der Waals surface area contributed by atoms with Crippen LogP contribution in [0, 0.1) is 0 Å². The van der Waals surface area contributed by atoms with Crippen molar-refractivity contribution in [3.63, 3.8) is 0 Å². The van der Waals surface area contributed by atoms with Gasteiger partial charge in [0.2, 0.25) is 5.91 Å². The SMILES string of the molecule is COc1ccccc1NC(=O)CN(CCN)C1CC1. The molecule has 19 heavy (non-hydrogen) atoms. The second-order valence-corrected chi connectivity index (χ2v) is 4.74. The lowest BCUT2D eigenvalue weighted by Crippen LogP contribution is -2.38. The molecule has 0 heterocycles. The van der Waals surface area contributed by atoms with Crippen LogP contribution < -0.4 is 15.8 Å². The van der Waals surface area contributed by atoms with E-state index in [-0.39, 0.29) is 5.91 Å². The second kappa shape index (κ2) is 6.54. The molecule has 0 aliphatic heterocycles. The van der Waals surface area contributed by atoms with Gasteiger partial charge in [0, 0.05) is 19.1 Å². The number of hydrogen-bond donors (Lipinski definition) is 2. The zero-order valence-corrected chi connectivity index (χ0v) is 11.3. The Bertz CT molecular complexity index is 432. The molecule has 5 heteroatoms. The fraction of sp³-hybridized carbons (Fsp3) is 0.500. The van der Waals surface area contributed by atoms with Crippen molar-refractivity contribution in [2.24, 2.45) is 5.73 Å². The standard InChI is InChI=1S/C14H21N3O2/c1-19-13-5-3-2-4-12(13)16-14(18)10-17(9-8-15)11-6-7-11/h2-5,11H,6-10,15H2,1H3,(H,16,18). The molecule has 0 spiro atoms. The second-order valence-electron chi connectivity index (χ2n) is 4.74. The summed E-state index contributed by atoms with van der Waals surface area (Å²) < 4.78 is 5.21. The molecule has 0 radical (unpaired) electrons. The van der Waals surface area contributed by atoms with Gasteiger partial charge in [0.25, 0.3) is 0 Å². The molecule has 0 aromatic heterocycles. The number of nitrogens with zero attached hydrogens (tertiary/aromatic N) is 1. The Morgan fingerprint density at radius 1 is 1.47 bits per heavy atom. The first kappa shape index (κ1) is 13.8. The Hall–Kier alpha value is -1.59. The molecule has 1 amide bonds. The summed E-state index contributed by atoms with van der Waals surface area (Å²) in [6, 6.07) is 7.94. The summed E-state index contributed by atoms with van der Waals surface area (Å²) >= 11 is 0. The number of nitrogens with two attached hydrogens (primary N) is 1. The van der Waals surface area contributed by atoms with Gasteiger partial charge < -0.3 is 15.8 Å². The molecule has 1 saturated carbocycles. The predicted octanol–water partition coefficient (Wildman–Crippen LogP) is 1.06. The van der Waals surface area contributed by atoms with Gasteiger partial charge in [-0.3, -0.25) is 9.69 Å². The number of carbonyl (C=O) groups excluding carboxylic acids is 1. The number of benzene rings is 1. The summed E-state index contributed by atoms with van der Waals surface area (Å²) in [7, 11) is 1.59. The highest BCUT2D eigenvalue weighted by Gasteiger charge is 2.29. The van der Waals surface area contributed by atoms with Gasteiger partial charge >= 0.3 is 0 Å². The number of rotatable bonds is 7. The van der Waals surface area contributed by atoms with Crippen LogP contribution in [0.3, 0.4) is 0 Å². The van der Waals surface area contributed by atoms with E-state index in [2.05, 4.69) is 10.2 Å². The molecule has 0 bridgehead atoms. The van der Waals surface area contributed by atoms with E-state index in [9.17, 15) is 4.79 Å². The van der Waals surface area contributed by atoms with Crippen molar-refractivity contribution in [3.8, 4) is 5.75 Å². The third kappa shape index (κ3) is 3.94. The van der Waals surface area contributed by atoms with E-state index in [1.807, 2.05) is 24.3 Å². The van der Waals surface area contributed by atoms with E-state index in [0.717, 1.165) is 6.54 Å². The number of ether oxygens (including phenoxy) is 1. The summed E-state index contributed by atoms with van der Waals surface area (Å²) in [5, 5.41) is 2.89. The van der Waals surface area contributed by atoms with Crippen molar-refractivity contribution in [1.82, 2.24) is 4.90 Å². The number of para-hydroxylation sites is 2. The molecule has 0 saturated heterocycles. The summed E-state index contributed by atoms with van der Waals surface area (Å²) in [5.74, 6) is 0.650. The summed E-state index contributed by atoms with van der Waals surface area (Å²) in [6.45, 7) is 1.74. The first-order chi connectivity index (χ1) is 9.24. The molecular weight excluding hydrogens is 242 g/mol. The minimum Gasteiger partial charge on any atom is -0.495 e. The number of methoxy groups -OCH3 is 1. The molecule has 0 unspecified atom stereocenters. The van der Waals surface area contributed by atoms with Crippen LogP contribution in [0.15, 0.2) is 24.3 Å². The number of hydrogen-bond acceptors (Lipinski definition) is 4. The van der Waals surface area contributed by atoms with Crippen LogP contribution >= 0.6 is 0 Å². The van der Waals surface area contributed by atoms with E-state index >= 15 is 0 Å². The maximum Gasteiger partial charge on any atom is 0.238 e. The van der Waals surface area contributed by atoms with E-state index in [1.165, 1.54) is 12.8 Å². The van der Waals surface area contributed by atoms with E-state index in [1.54, 1.807) is 7.11 Å². The molecule has 1 fully saturated rings. The average Bonchev–Trinajstić information content (AvgIpc) is 3.23. The Labute approximate surface area is 113 Å². The largest absolute Gasteiger partial charge is 0.495 e. The molecular formula is C14H21N3O2. The Kier molecular flexibility index (Phi) is 4.76. The Balaban J connectivity index is 1.92. The van der Waals surface area contributed by atoms with Crippen LogP contribution in [-0.2, 0) is 4.79 Å². The molecule has 0 atom stereocenters. The fourth-order valence-electron chi connectivity index (χ4n) is 2.12. The van der Waals surface area contributed by atoms with Gasteiger partial charge in [-0.05, 0) is 25.0 Å². The van der Waals surface area contributed by atoms with Gasteiger partial charge in [0.05, 0.1) is 19.3 Å². The quantitative estimate of drug-likeness (QED) is 0.772. The number of nitrogens with one attached hydrogen (secondary N) is 1. The molecule has 1 aliphatic rings. The third-order valence-electron chi connectivity index (χ3n) is 3.21. The van der Waals surface area contributed by atoms with Gasteiger partial charge in [-0.15, -0.1) is 0 Å². The number of anilines is 1. The van der Waals surface area contributed by atoms with E-state index in [4.69, 9.17) is 10.5 Å². The predicted molar refractivity (Wildman–Crippen MR) is 75.3 cm³/mol. The smallest absolute Gasteiger partial charge is 0.238 e. The highest BCUT2D eigenvalue weighted by atomic mass is 16.5. The minimum atomic E-state index is -0.0233. The van der Waals surface area contributed by atoms with Crippen molar-refractivity contribution in [2.45, 2.75) is 18.9 Å². The zero-order chi connectivity index (χ0) is 13.7. The molecule has 104 valence electrons. The van der Waals surface area contributed by atoms with Gasteiger partial charge in [-0.1, -0.05) is 12.1 Å². The number of carbonyl (C=O) groups is 1. The lowest BCUT2D eigenvalue weighted by atomic mass is 10.3. The highest BCUT2D eigenvalue weighted by molar-refractivity contribution is 5.93. The first-order valence-electron chi connectivity index (χ1n) is 6.61. The van der Waals surface area contributed by atoms with Crippen LogP contribution in [0.5, 0.6) is 5.75 Å². The van der Waals surface area contributed by atoms with Gasteiger partial charge in [0.15, 0.2) is 0 Å². The lowest BCUT2D eigenvalue weighted by Gasteiger charge is -2.20. The minimum absolute atomic E-state index is 0.0233. The van der Waals surface area contributed by atoms with Crippen LogP contribution in [-0.4, -0.2) is 43.6 Å². The Morgan fingerprint density at radius 3 is 2.84 bits per heavy atom. The molecule has 3 N–H and O–H groups in total. The number of amides is 1. The van der Waals surface area contributed by atoms with Crippen LogP contribution in [0.1, 0.15) is 12.8 Å². The normalized spacial score (nSPS) is 14.5. The summed E-state index contributed by atoms with van der Waals surface area (Å²) in [4.78, 5) is 14.2. The average molecular weight is 263 g/mol. The monoisotopic (exact) mass is 263 g/mol. The van der Waals surface area contributed by atoms with Crippen molar-refractivity contribution in [2.75, 3.05) is 32.1 Å². The fourth-order valence-corrected chi connectivity index (χ4v) is 2.12. The van der Waals surface area contributed by atoms with E-state index < -0.39 is 0 Å². The summed E-state index contributed by atoms with van der Waals surface area (Å²) in [6.07, 6.45) is 2.34. The van der Waals surface area contributed by atoms with Crippen molar-refractivity contribution < 1.29 is 9.53 Å². The van der Waals surface area contributed by atoms with Crippen LogP contribution in [0.4, 0.5) is 5.69 Å². The topological polar surface area (TPSA) is 67.6 Å². The first-order valence-corrected chi connectivity index (χ1v) is 6.61. The highest BCUT2D eigenvalue weighted by Crippen LogP contribution is 2.27. The van der Waals surface area contributed by atoms with E-state index in [0.29, 0.717) is 30.6 Å². The molecule has 1 aromatic carbocycles. The van der Waals surface area contributed by atoms with Crippen LogP contribution in [0.2, 0.25) is 0 Å². The molecule has 1 aliphatic carbocycles. The zero-order valence-electron chi connectivity index (χ0n) is 11.3. The molecule has 5 nitrogen and oxygen atoms in total. The lowest BCUT2D eigenvalue weighted by molar-refractivity contribution is -0.117.